The first-order valence-electron chi connectivity index (χ1n) is 4.89. The molecule has 2 aromatic heterocycles. The lowest BCUT2D eigenvalue weighted by atomic mass is 10.8. The normalized spacial score (nSPS) is 17.4. The number of aromatic nitrogens is 7. The van der Waals surface area contributed by atoms with Gasteiger partial charge in [-0.1, -0.05) is 0 Å². The Kier molecular flexibility index (Phi) is 2.59. The Morgan fingerprint density at radius 1 is 1.11 bits per heavy atom. The highest BCUT2D eigenvalue weighted by Gasteiger charge is 2.10. The minimum atomic E-state index is -0.346. The van der Waals surface area contributed by atoms with E-state index in [4.69, 9.17) is 0 Å². The van der Waals surface area contributed by atoms with Gasteiger partial charge in [0, 0.05) is 0 Å². The first kappa shape index (κ1) is 10.3. The second-order valence-corrected chi connectivity index (χ2v) is 3.12. The molecule has 0 radical (unpaired) electrons. The molecular formula is C6H8N12. The summed E-state index contributed by atoms with van der Waals surface area (Å²) in [4.78, 5) is 7.83. The quantitative estimate of drug-likeness (QED) is 0.408. The molecule has 0 saturated heterocycles. The van der Waals surface area contributed by atoms with Crippen LogP contribution in [0.2, 0.25) is 0 Å². The molecule has 1 aliphatic rings. The van der Waals surface area contributed by atoms with E-state index in [9.17, 15) is 0 Å². The Bertz CT molecular complexity index is 516. The highest BCUT2D eigenvalue weighted by molar-refractivity contribution is 5.56. The van der Waals surface area contributed by atoms with Crippen molar-refractivity contribution < 1.29 is 0 Å². The summed E-state index contributed by atoms with van der Waals surface area (Å²) in [6, 6.07) is 0. The summed E-state index contributed by atoms with van der Waals surface area (Å²) < 4.78 is 0. The Morgan fingerprint density at radius 3 is 2.61 bits per heavy atom. The summed E-state index contributed by atoms with van der Waals surface area (Å²) in [6.07, 6.45) is 2.52. The standard InChI is InChI=1S/C6H8N12/c1-7-3(13-9-1)11-5-15-17-6(18-16-5)12-4-8-2-10-14-4/h1-3,13H,(H,7,9)(H,11,15,16)(H2,8,10,12,14,17,18). The smallest absolute Gasteiger partial charge is 0.269 e. The number of hydrogen-bond donors (Lipinski definition) is 5. The van der Waals surface area contributed by atoms with Gasteiger partial charge in [0.1, 0.15) is 12.7 Å². The number of hydrazine groups is 1. The number of aromatic amines is 1. The van der Waals surface area contributed by atoms with E-state index >= 15 is 0 Å². The van der Waals surface area contributed by atoms with Gasteiger partial charge in [-0.15, -0.1) is 20.4 Å². The van der Waals surface area contributed by atoms with Gasteiger partial charge >= 0.3 is 0 Å². The number of nitrogens with zero attached hydrogens (tertiary/aromatic N) is 7. The molecule has 1 atom stereocenters. The number of hydrogen-bond acceptors (Lipinski definition) is 11. The molecule has 18 heavy (non-hydrogen) atoms. The average Bonchev–Trinajstić information content (AvgIpc) is 3.05. The van der Waals surface area contributed by atoms with Gasteiger partial charge in [-0.05, 0) is 0 Å². The van der Waals surface area contributed by atoms with Crippen molar-refractivity contribution in [1.82, 2.24) is 46.4 Å². The van der Waals surface area contributed by atoms with E-state index in [2.05, 4.69) is 62.1 Å². The van der Waals surface area contributed by atoms with Crippen LogP contribution >= 0.6 is 0 Å². The summed E-state index contributed by atoms with van der Waals surface area (Å²) in [6.45, 7) is 0. The SMILES string of the molecule is C1=NC(Nc2nnc(Nc3ncn[nH]3)nn2)NN1. The van der Waals surface area contributed by atoms with Gasteiger partial charge in [0.25, 0.3) is 11.9 Å². The van der Waals surface area contributed by atoms with Gasteiger partial charge in [0.15, 0.2) is 6.29 Å². The van der Waals surface area contributed by atoms with Crippen LogP contribution in [0.5, 0.6) is 0 Å². The molecular weight excluding hydrogens is 240 g/mol. The molecule has 0 saturated carbocycles. The minimum Gasteiger partial charge on any atom is -0.316 e. The Balaban J connectivity index is 1.63. The predicted molar refractivity (Wildman–Crippen MR) is 59.5 cm³/mol. The Labute approximate surface area is 99.7 Å². The monoisotopic (exact) mass is 248 g/mol. The number of nitrogens with one attached hydrogen (secondary N) is 5. The van der Waals surface area contributed by atoms with Crippen LogP contribution in [0.1, 0.15) is 0 Å². The molecule has 0 amide bonds. The molecule has 0 spiro atoms. The van der Waals surface area contributed by atoms with E-state index < -0.39 is 0 Å². The number of rotatable bonds is 4. The van der Waals surface area contributed by atoms with E-state index in [0.29, 0.717) is 5.95 Å². The van der Waals surface area contributed by atoms with E-state index in [-0.39, 0.29) is 18.2 Å². The maximum atomic E-state index is 3.98. The van der Waals surface area contributed by atoms with Gasteiger partial charge in [-0.2, -0.15) is 15.5 Å². The van der Waals surface area contributed by atoms with Gasteiger partial charge in [-0.3, -0.25) is 5.32 Å². The second kappa shape index (κ2) is 4.54. The molecule has 92 valence electrons. The molecule has 1 unspecified atom stereocenters. The Morgan fingerprint density at radius 2 is 1.94 bits per heavy atom. The number of aliphatic imine (C=N–C) groups is 1. The highest BCUT2D eigenvalue weighted by Crippen LogP contribution is 2.03. The molecule has 12 heteroatoms. The van der Waals surface area contributed by atoms with E-state index in [1.807, 2.05) is 0 Å². The van der Waals surface area contributed by atoms with Crippen LogP contribution in [0.3, 0.4) is 0 Å². The van der Waals surface area contributed by atoms with Crippen LogP contribution in [0.15, 0.2) is 11.3 Å². The zero-order valence-corrected chi connectivity index (χ0v) is 8.86. The fraction of sp³-hybridized carbons (Fsp3) is 0.167. The Hall–Kier alpha value is -2.89. The first-order chi connectivity index (χ1) is 8.90. The van der Waals surface area contributed by atoms with Crippen LogP contribution in [-0.4, -0.2) is 48.2 Å². The van der Waals surface area contributed by atoms with Crippen molar-refractivity contribution >= 4 is 24.2 Å². The van der Waals surface area contributed by atoms with Crippen LogP contribution in [0.25, 0.3) is 0 Å². The molecule has 12 nitrogen and oxygen atoms in total. The van der Waals surface area contributed by atoms with Crippen molar-refractivity contribution in [1.29, 1.82) is 0 Å². The van der Waals surface area contributed by atoms with E-state index in [1.165, 1.54) is 12.7 Å². The molecule has 0 aliphatic carbocycles. The fourth-order valence-corrected chi connectivity index (χ4v) is 1.17. The van der Waals surface area contributed by atoms with Crippen molar-refractivity contribution in [3.05, 3.63) is 6.33 Å². The van der Waals surface area contributed by atoms with Gasteiger partial charge in [0.05, 0.1) is 0 Å². The second-order valence-electron chi connectivity index (χ2n) is 3.12. The lowest BCUT2D eigenvalue weighted by molar-refractivity contribution is 0.593. The number of H-pyrrole nitrogens is 1. The van der Waals surface area contributed by atoms with E-state index in [0.717, 1.165) is 0 Å². The lowest BCUT2D eigenvalue weighted by Crippen LogP contribution is -2.37. The molecule has 0 aromatic carbocycles. The molecule has 2 aromatic rings. The third-order valence-electron chi connectivity index (χ3n) is 1.90. The van der Waals surface area contributed by atoms with Crippen molar-refractivity contribution in [2.75, 3.05) is 10.6 Å². The molecule has 3 rings (SSSR count). The summed E-state index contributed by atoms with van der Waals surface area (Å²) in [7, 11) is 0. The summed E-state index contributed by atoms with van der Waals surface area (Å²) in [5.74, 6) is 0.861. The van der Waals surface area contributed by atoms with Gasteiger partial charge < -0.3 is 10.7 Å². The van der Waals surface area contributed by atoms with E-state index in [1.54, 1.807) is 0 Å². The zero-order chi connectivity index (χ0) is 12.2. The van der Waals surface area contributed by atoms with Gasteiger partial charge in [-0.25, -0.2) is 10.1 Å². The van der Waals surface area contributed by atoms with Crippen molar-refractivity contribution in [3.63, 3.8) is 0 Å². The average molecular weight is 248 g/mol. The predicted octanol–water partition coefficient (Wildman–Crippen LogP) is -2.04. The minimum absolute atomic E-state index is 0.207. The lowest BCUT2D eigenvalue weighted by Gasteiger charge is -2.08. The van der Waals surface area contributed by atoms with Gasteiger partial charge in [0.2, 0.25) is 5.95 Å². The maximum absolute atomic E-state index is 3.98. The van der Waals surface area contributed by atoms with Crippen LogP contribution < -0.4 is 21.5 Å². The summed E-state index contributed by atoms with van der Waals surface area (Å²) in [5.41, 5.74) is 5.50. The molecule has 0 fully saturated rings. The van der Waals surface area contributed by atoms with Crippen LogP contribution in [0, 0.1) is 0 Å². The molecule has 5 N–H and O–H groups in total. The third kappa shape index (κ3) is 2.27. The van der Waals surface area contributed by atoms with Crippen LogP contribution in [0.4, 0.5) is 17.8 Å². The summed E-state index contributed by atoms with van der Waals surface area (Å²) >= 11 is 0. The number of anilines is 3. The molecule has 1 aliphatic heterocycles. The highest BCUT2D eigenvalue weighted by atomic mass is 15.5. The fourth-order valence-electron chi connectivity index (χ4n) is 1.17. The van der Waals surface area contributed by atoms with Crippen molar-refractivity contribution in [3.8, 4) is 0 Å². The first-order valence-corrected chi connectivity index (χ1v) is 4.89. The molecule has 3 heterocycles. The van der Waals surface area contributed by atoms with Crippen molar-refractivity contribution in [2.24, 2.45) is 4.99 Å². The maximum Gasteiger partial charge on any atom is 0.269 e. The largest absolute Gasteiger partial charge is 0.316 e. The molecule has 0 bridgehead atoms. The zero-order valence-electron chi connectivity index (χ0n) is 8.86. The topological polar surface area (TPSA) is 154 Å². The van der Waals surface area contributed by atoms with Crippen LogP contribution in [-0.2, 0) is 0 Å². The van der Waals surface area contributed by atoms with Crippen molar-refractivity contribution in [2.45, 2.75) is 6.29 Å². The third-order valence-corrected chi connectivity index (χ3v) is 1.90. The summed E-state index contributed by atoms with van der Waals surface area (Å²) in [5, 5.41) is 27.1.